The molecule has 2 amide bonds. The number of urea groups is 1. The number of rotatable bonds is 4. The van der Waals surface area contributed by atoms with Crippen LogP contribution in [0.4, 0.5) is 18.0 Å². The minimum Gasteiger partial charge on any atom is -0.346 e. The number of carbonyl (C=O) groups excluding carboxylic acids is 1. The first-order valence-corrected chi connectivity index (χ1v) is 10.2. The van der Waals surface area contributed by atoms with E-state index in [1.807, 2.05) is 24.4 Å². The number of alkyl halides is 3. The SMILES string of the molecule is O=C(NCc1ccc(SC(F)(F)F)cc1)N1CC=C(c2c[nH]c3ncccc23)CC1. The highest BCUT2D eigenvalue weighted by Crippen LogP contribution is 2.36. The minimum atomic E-state index is -4.31. The van der Waals surface area contributed by atoms with E-state index in [-0.39, 0.29) is 29.2 Å². The summed E-state index contributed by atoms with van der Waals surface area (Å²) >= 11 is -0.152. The highest BCUT2D eigenvalue weighted by molar-refractivity contribution is 8.00. The number of halogens is 3. The Morgan fingerprint density at radius 1 is 1.23 bits per heavy atom. The maximum atomic E-state index is 12.4. The van der Waals surface area contributed by atoms with Gasteiger partial charge in [0.05, 0.1) is 0 Å². The van der Waals surface area contributed by atoms with Gasteiger partial charge in [-0.2, -0.15) is 13.2 Å². The normalized spacial score (nSPS) is 14.6. The van der Waals surface area contributed by atoms with Gasteiger partial charge in [-0.1, -0.05) is 18.2 Å². The lowest BCUT2D eigenvalue weighted by Gasteiger charge is -2.26. The van der Waals surface area contributed by atoms with Crippen LogP contribution in [0.2, 0.25) is 0 Å². The number of aromatic amines is 1. The Labute approximate surface area is 175 Å². The second kappa shape index (κ2) is 8.43. The average Bonchev–Trinajstić information content (AvgIpc) is 3.16. The number of hydrogen-bond acceptors (Lipinski definition) is 3. The molecule has 3 heterocycles. The van der Waals surface area contributed by atoms with E-state index in [0.29, 0.717) is 13.1 Å². The molecule has 0 atom stereocenters. The van der Waals surface area contributed by atoms with Gasteiger partial charge in [-0.3, -0.25) is 0 Å². The summed E-state index contributed by atoms with van der Waals surface area (Å²) in [6, 6.07) is 9.72. The molecule has 5 nitrogen and oxygen atoms in total. The fraction of sp³-hybridized carbons (Fsp3) is 0.238. The molecule has 2 N–H and O–H groups in total. The molecule has 0 radical (unpaired) electrons. The molecule has 1 aromatic carbocycles. The summed E-state index contributed by atoms with van der Waals surface area (Å²) in [6.07, 6.45) is 6.47. The lowest BCUT2D eigenvalue weighted by atomic mass is 10.00. The smallest absolute Gasteiger partial charge is 0.346 e. The van der Waals surface area contributed by atoms with Gasteiger partial charge in [-0.05, 0) is 53.6 Å². The van der Waals surface area contributed by atoms with Crippen molar-refractivity contribution in [1.29, 1.82) is 0 Å². The second-order valence-corrected chi connectivity index (χ2v) is 8.02. The van der Waals surface area contributed by atoms with Crippen molar-refractivity contribution in [3.05, 3.63) is 66.0 Å². The summed E-state index contributed by atoms with van der Waals surface area (Å²) < 4.78 is 37.2. The Kier molecular flexibility index (Phi) is 5.72. The topological polar surface area (TPSA) is 61.0 Å². The third-order valence-electron chi connectivity index (χ3n) is 4.89. The zero-order chi connectivity index (χ0) is 21.1. The van der Waals surface area contributed by atoms with Gasteiger partial charge in [0.2, 0.25) is 0 Å². The predicted molar refractivity (Wildman–Crippen MR) is 111 cm³/mol. The molecule has 0 fully saturated rings. The van der Waals surface area contributed by atoms with Crippen LogP contribution in [0.1, 0.15) is 17.5 Å². The van der Waals surface area contributed by atoms with Crippen LogP contribution in [0.25, 0.3) is 16.6 Å². The Morgan fingerprint density at radius 2 is 2.03 bits per heavy atom. The molecule has 4 rings (SSSR count). The number of H-pyrrole nitrogens is 1. The number of hydrogen-bond donors (Lipinski definition) is 2. The fourth-order valence-electron chi connectivity index (χ4n) is 3.42. The van der Waals surface area contributed by atoms with E-state index in [2.05, 4.69) is 15.3 Å². The molecule has 1 aliphatic rings. The van der Waals surface area contributed by atoms with Crippen molar-refractivity contribution in [1.82, 2.24) is 20.2 Å². The number of aromatic nitrogens is 2. The Morgan fingerprint density at radius 3 is 2.73 bits per heavy atom. The molecule has 156 valence electrons. The van der Waals surface area contributed by atoms with E-state index >= 15 is 0 Å². The lowest BCUT2D eigenvalue weighted by molar-refractivity contribution is -0.0328. The van der Waals surface area contributed by atoms with Crippen molar-refractivity contribution in [3.63, 3.8) is 0 Å². The molecule has 0 spiro atoms. The van der Waals surface area contributed by atoms with Crippen LogP contribution < -0.4 is 5.32 Å². The number of pyridine rings is 1. The fourth-order valence-corrected chi connectivity index (χ4v) is 3.96. The molecule has 0 aliphatic carbocycles. The first-order valence-electron chi connectivity index (χ1n) is 9.38. The standard InChI is InChI=1S/C21H19F3N4OS/c22-21(23,24)30-16-5-3-14(4-6-16)12-27-20(29)28-10-7-15(8-11-28)18-13-26-19-17(18)2-1-9-25-19/h1-7,9,13H,8,10-12H2,(H,25,26)(H,27,29). The van der Waals surface area contributed by atoms with Crippen LogP contribution in [0, 0.1) is 0 Å². The summed E-state index contributed by atoms with van der Waals surface area (Å²) in [4.78, 5) is 21.8. The van der Waals surface area contributed by atoms with E-state index in [1.165, 1.54) is 17.7 Å². The number of nitrogens with one attached hydrogen (secondary N) is 2. The maximum Gasteiger partial charge on any atom is 0.446 e. The Balaban J connectivity index is 1.32. The van der Waals surface area contributed by atoms with Crippen LogP contribution in [0.3, 0.4) is 0 Å². The van der Waals surface area contributed by atoms with Crippen LogP contribution in [0.15, 0.2) is 59.8 Å². The zero-order valence-electron chi connectivity index (χ0n) is 15.9. The molecule has 0 saturated carbocycles. The third kappa shape index (κ3) is 4.79. The first kappa shape index (κ1) is 20.3. The Bertz CT molecular complexity index is 1080. The van der Waals surface area contributed by atoms with E-state index < -0.39 is 5.51 Å². The van der Waals surface area contributed by atoms with Gasteiger partial charge in [-0.25, -0.2) is 9.78 Å². The van der Waals surface area contributed by atoms with Gasteiger partial charge >= 0.3 is 11.5 Å². The molecule has 1 aliphatic heterocycles. The molecule has 3 aromatic rings. The van der Waals surface area contributed by atoms with Crippen molar-refractivity contribution in [3.8, 4) is 0 Å². The van der Waals surface area contributed by atoms with E-state index in [4.69, 9.17) is 0 Å². The molecule has 2 aromatic heterocycles. The second-order valence-electron chi connectivity index (χ2n) is 6.88. The molecule has 0 unspecified atom stereocenters. The van der Waals surface area contributed by atoms with Gasteiger partial charge < -0.3 is 15.2 Å². The molecule has 9 heteroatoms. The highest BCUT2D eigenvalue weighted by Gasteiger charge is 2.29. The summed E-state index contributed by atoms with van der Waals surface area (Å²) in [5.74, 6) is 0. The summed E-state index contributed by atoms with van der Waals surface area (Å²) in [5.41, 5.74) is -0.437. The molecular weight excluding hydrogens is 413 g/mol. The van der Waals surface area contributed by atoms with Crippen molar-refractivity contribution in [2.75, 3.05) is 13.1 Å². The third-order valence-corrected chi connectivity index (χ3v) is 5.63. The van der Waals surface area contributed by atoms with Crippen molar-refractivity contribution in [2.24, 2.45) is 0 Å². The number of amides is 2. The van der Waals surface area contributed by atoms with E-state index in [0.717, 1.165) is 28.6 Å². The van der Waals surface area contributed by atoms with Gasteiger partial charge in [-0.15, -0.1) is 0 Å². The Hall–Kier alpha value is -2.94. The van der Waals surface area contributed by atoms with Gasteiger partial charge in [0.1, 0.15) is 5.65 Å². The van der Waals surface area contributed by atoms with Crippen molar-refractivity contribution < 1.29 is 18.0 Å². The summed E-state index contributed by atoms with van der Waals surface area (Å²) in [5, 5.41) is 3.89. The summed E-state index contributed by atoms with van der Waals surface area (Å²) in [7, 11) is 0. The predicted octanol–water partition coefficient (Wildman–Crippen LogP) is 5.17. The van der Waals surface area contributed by atoms with E-state index in [9.17, 15) is 18.0 Å². The van der Waals surface area contributed by atoms with Crippen LogP contribution >= 0.6 is 11.8 Å². The average molecular weight is 432 g/mol. The largest absolute Gasteiger partial charge is 0.446 e. The van der Waals surface area contributed by atoms with E-state index in [1.54, 1.807) is 23.2 Å². The molecular formula is C21H19F3N4OS. The van der Waals surface area contributed by atoms with Gasteiger partial charge in [0.15, 0.2) is 0 Å². The van der Waals surface area contributed by atoms with Crippen LogP contribution in [-0.4, -0.2) is 39.5 Å². The molecule has 30 heavy (non-hydrogen) atoms. The molecule has 0 bridgehead atoms. The first-order chi connectivity index (χ1) is 14.4. The molecule has 0 saturated heterocycles. The number of fused-ring (bicyclic) bond motifs is 1. The van der Waals surface area contributed by atoms with Crippen molar-refractivity contribution >= 4 is 34.4 Å². The zero-order valence-corrected chi connectivity index (χ0v) is 16.7. The summed E-state index contributed by atoms with van der Waals surface area (Å²) in [6.45, 7) is 1.35. The van der Waals surface area contributed by atoms with Gasteiger partial charge in [0, 0.05) is 47.9 Å². The minimum absolute atomic E-state index is 0.124. The number of thioether (sulfide) groups is 1. The lowest BCUT2D eigenvalue weighted by Crippen LogP contribution is -2.41. The monoisotopic (exact) mass is 432 g/mol. The quantitative estimate of drug-likeness (QED) is 0.559. The van der Waals surface area contributed by atoms with Gasteiger partial charge in [0.25, 0.3) is 0 Å². The van der Waals surface area contributed by atoms with Crippen molar-refractivity contribution in [2.45, 2.75) is 23.4 Å². The van der Waals surface area contributed by atoms with Crippen LogP contribution in [0.5, 0.6) is 0 Å². The van der Waals surface area contributed by atoms with Crippen LogP contribution in [-0.2, 0) is 6.54 Å². The maximum absolute atomic E-state index is 12.4. The number of carbonyl (C=O) groups is 1. The number of benzene rings is 1. The number of nitrogens with zero attached hydrogens (tertiary/aromatic N) is 2. The highest BCUT2D eigenvalue weighted by atomic mass is 32.2.